The molecule has 0 aliphatic heterocycles. The molecular weight excluding hydrogens is 306 g/mol. The van der Waals surface area contributed by atoms with E-state index in [1.807, 2.05) is 59.2 Å². The van der Waals surface area contributed by atoms with Crippen LogP contribution in [0.1, 0.15) is 29.3 Å². The number of para-hydroxylation sites is 1. The molecule has 1 aromatic heterocycles. The third-order valence-corrected chi connectivity index (χ3v) is 4.12. The number of aromatic nitrogens is 1. The number of nitrogens with zero attached hydrogens (tertiary/aromatic N) is 1. The van der Waals surface area contributed by atoms with Crippen molar-refractivity contribution in [1.82, 2.24) is 4.57 Å². The van der Waals surface area contributed by atoms with E-state index in [1.165, 1.54) is 0 Å². The molecule has 0 N–H and O–H groups in total. The van der Waals surface area contributed by atoms with Gasteiger partial charge in [-0.25, -0.2) is 0 Å². The Morgan fingerprint density at radius 1 is 1.09 bits per heavy atom. The first kappa shape index (κ1) is 15.4. The monoisotopic (exact) mass is 321 g/mol. The van der Waals surface area contributed by atoms with Crippen LogP contribution in [-0.2, 0) is 6.54 Å². The summed E-state index contributed by atoms with van der Waals surface area (Å²) >= 11 is 6.44. The van der Waals surface area contributed by atoms with Crippen LogP contribution in [0, 0.1) is 11.8 Å². The van der Waals surface area contributed by atoms with Crippen LogP contribution in [0.5, 0.6) is 0 Å². The number of carbonyl (C=O) groups excluding carboxylic acids is 1. The summed E-state index contributed by atoms with van der Waals surface area (Å²) in [7, 11) is 0. The Bertz CT molecular complexity index is 913. The molecular formula is C20H16ClNO. The molecule has 0 amide bonds. The maximum absolute atomic E-state index is 11.9. The fourth-order valence-corrected chi connectivity index (χ4v) is 3.09. The van der Waals surface area contributed by atoms with Gasteiger partial charge in [0.1, 0.15) is 5.15 Å². The van der Waals surface area contributed by atoms with Crippen LogP contribution in [0.25, 0.3) is 10.9 Å². The van der Waals surface area contributed by atoms with Gasteiger partial charge in [-0.3, -0.25) is 4.79 Å². The summed E-state index contributed by atoms with van der Waals surface area (Å²) in [5.74, 6) is 6.29. The lowest BCUT2D eigenvalue weighted by atomic mass is 10.1. The van der Waals surface area contributed by atoms with E-state index in [0.29, 0.717) is 23.7 Å². The largest absolute Gasteiger partial charge is 0.330 e. The van der Waals surface area contributed by atoms with E-state index in [1.54, 1.807) is 6.92 Å². The number of benzene rings is 2. The molecule has 0 unspecified atom stereocenters. The van der Waals surface area contributed by atoms with Crippen molar-refractivity contribution in [3.63, 3.8) is 0 Å². The molecule has 0 spiro atoms. The molecule has 114 valence electrons. The minimum Gasteiger partial charge on any atom is -0.330 e. The lowest BCUT2D eigenvalue weighted by Gasteiger charge is -2.04. The number of rotatable bonds is 3. The maximum Gasteiger partial charge on any atom is 0.163 e. The van der Waals surface area contributed by atoms with Crippen molar-refractivity contribution >= 4 is 28.3 Å². The van der Waals surface area contributed by atoms with Gasteiger partial charge in [-0.2, -0.15) is 0 Å². The molecule has 0 aliphatic carbocycles. The van der Waals surface area contributed by atoms with Gasteiger partial charge in [0.2, 0.25) is 0 Å². The Morgan fingerprint density at radius 2 is 1.78 bits per heavy atom. The summed E-state index contributed by atoms with van der Waals surface area (Å²) in [6, 6.07) is 17.7. The molecule has 23 heavy (non-hydrogen) atoms. The SMILES string of the molecule is CC(=O)c1c(Cl)n(CCC#Cc2ccccc2)c2ccccc12. The fraction of sp³-hybridized carbons (Fsp3) is 0.150. The van der Waals surface area contributed by atoms with Gasteiger partial charge in [0, 0.05) is 29.4 Å². The molecule has 0 bridgehead atoms. The second-order valence-electron chi connectivity index (χ2n) is 5.31. The Hall–Kier alpha value is -2.50. The number of carbonyl (C=O) groups is 1. The van der Waals surface area contributed by atoms with E-state index >= 15 is 0 Å². The number of halogens is 1. The number of Topliss-reactive ketones (excluding diaryl/α,β-unsaturated/α-hetero) is 1. The van der Waals surface area contributed by atoms with Crippen LogP contribution in [0.4, 0.5) is 0 Å². The molecule has 3 aromatic rings. The van der Waals surface area contributed by atoms with E-state index in [-0.39, 0.29) is 5.78 Å². The Balaban J connectivity index is 1.88. The highest BCUT2D eigenvalue weighted by atomic mass is 35.5. The summed E-state index contributed by atoms with van der Waals surface area (Å²) < 4.78 is 1.97. The van der Waals surface area contributed by atoms with Crippen molar-refractivity contribution in [3.05, 3.63) is 70.9 Å². The lowest BCUT2D eigenvalue weighted by molar-refractivity contribution is 0.101. The summed E-state index contributed by atoms with van der Waals surface area (Å²) in [6.07, 6.45) is 0.671. The zero-order valence-corrected chi connectivity index (χ0v) is 13.6. The van der Waals surface area contributed by atoms with Gasteiger partial charge in [0.15, 0.2) is 5.78 Å². The highest BCUT2D eigenvalue weighted by molar-refractivity contribution is 6.35. The number of hydrogen-bond donors (Lipinski definition) is 0. The molecule has 0 saturated heterocycles. The minimum atomic E-state index is -0.0136. The van der Waals surface area contributed by atoms with Gasteiger partial charge < -0.3 is 4.57 Å². The number of fused-ring (bicyclic) bond motifs is 1. The second-order valence-corrected chi connectivity index (χ2v) is 5.67. The summed E-state index contributed by atoms with van der Waals surface area (Å²) in [5, 5.41) is 1.40. The van der Waals surface area contributed by atoms with Crippen molar-refractivity contribution in [2.24, 2.45) is 0 Å². The number of ketones is 1. The average molecular weight is 322 g/mol. The van der Waals surface area contributed by atoms with Gasteiger partial charge in [0.25, 0.3) is 0 Å². The number of aryl methyl sites for hydroxylation is 1. The molecule has 3 rings (SSSR count). The fourth-order valence-electron chi connectivity index (χ4n) is 2.68. The molecule has 2 nitrogen and oxygen atoms in total. The third kappa shape index (κ3) is 3.16. The van der Waals surface area contributed by atoms with Gasteiger partial charge >= 0.3 is 0 Å². The van der Waals surface area contributed by atoms with Crippen LogP contribution >= 0.6 is 11.6 Å². The predicted molar refractivity (Wildman–Crippen MR) is 94.9 cm³/mol. The van der Waals surface area contributed by atoms with Gasteiger partial charge in [-0.1, -0.05) is 59.8 Å². The molecule has 3 heteroatoms. The summed E-state index contributed by atoms with van der Waals surface area (Å²) in [6.45, 7) is 2.21. The van der Waals surface area contributed by atoms with Crippen LogP contribution in [0.3, 0.4) is 0 Å². The zero-order valence-electron chi connectivity index (χ0n) is 12.8. The highest BCUT2D eigenvalue weighted by Crippen LogP contribution is 2.30. The van der Waals surface area contributed by atoms with Crippen molar-refractivity contribution in [3.8, 4) is 11.8 Å². The van der Waals surface area contributed by atoms with Crippen LogP contribution in [0.2, 0.25) is 5.15 Å². The Morgan fingerprint density at radius 3 is 2.52 bits per heavy atom. The number of hydrogen-bond acceptors (Lipinski definition) is 1. The topological polar surface area (TPSA) is 22.0 Å². The third-order valence-electron chi connectivity index (χ3n) is 3.73. The van der Waals surface area contributed by atoms with Crippen molar-refractivity contribution < 1.29 is 4.79 Å². The lowest BCUT2D eigenvalue weighted by Crippen LogP contribution is -1.98. The second kappa shape index (κ2) is 6.73. The minimum absolute atomic E-state index is 0.0136. The van der Waals surface area contributed by atoms with Gasteiger partial charge in [-0.05, 0) is 25.1 Å². The van der Waals surface area contributed by atoms with E-state index < -0.39 is 0 Å². The molecule has 0 aliphatic rings. The predicted octanol–water partition coefficient (Wildman–Crippen LogP) is 4.94. The first-order valence-electron chi connectivity index (χ1n) is 7.50. The highest BCUT2D eigenvalue weighted by Gasteiger charge is 2.17. The Kier molecular flexibility index (Phi) is 4.50. The average Bonchev–Trinajstić information content (AvgIpc) is 2.84. The van der Waals surface area contributed by atoms with Gasteiger partial charge in [-0.15, -0.1) is 0 Å². The smallest absolute Gasteiger partial charge is 0.163 e. The first-order chi connectivity index (χ1) is 11.2. The summed E-state index contributed by atoms with van der Waals surface area (Å²) in [4.78, 5) is 11.9. The normalized spacial score (nSPS) is 10.3. The van der Waals surface area contributed by atoms with E-state index in [2.05, 4.69) is 11.8 Å². The molecule has 0 atom stereocenters. The van der Waals surface area contributed by atoms with Crippen molar-refractivity contribution in [2.45, 2.75) is 19.9 Å². The zero-order chi connectivity index (χ0) is 16.2. The van der Waals surface area contributed by atoms with Crippen molar-refractivity contribution in [2.75, 3.05) is 0 Å². The molecule has 0 radical (unpaired) electrons. The molecule has 0 saturated carbocycles. The molecule has 1 heterocycles. The molecule has 2 aromatic carbocycles. The molecule has 0 fully saturated rings. The maximum atomic E-state index is 11.9. The van der Waals surface area contributed by atoms with Crippen LogP contribution in [0.15, 0.2) is 54.6 Å². The summed E-state index contributed by atoms with van der Waals surface area (Å²) in [5.41, 5.74) is 2.57. The first-order valence-corrected chi connectivity index (χ1v) is 7.88. The van der Waals surface area contributed by atoms with E-state index in [4.69, 9.17) is 11.6 Å². The Labute approximate surface area is 140 Å². The van der Waals surface area contributed by atoms with E-state index in [0.717, 1.165) is 16.5 Å². The van der Waals surface area contributed by atoms with Crippen molar-refractivity contribution in [1.29, 1.82) is 0 Å². The van der Waals surface area contributed by atoms with Gasteiger partial charge in [0.05, 0.1) is 5.56 Å². The van der Waals surface area contributed by atoms with Crippen LogP contribution in [-0.4, -0.2) is 10.4 Å². The van der Waals surface area contributed by atoms with Crippen LogP contribution < -0.4 is 0 Å². The van der Waals surface area contributed by atoms with E-state index in [9.17, 15) is 4.79 Å². The standard InChI is InChI=1S/C20H16ClNO/c1-15(23)19-17-12-5-6-13-18(17)22(20(19)21)14-8-7-11-16-9-3-2-4-10-16/h2-6,9-10,12-13H,8,14H2,1H3. The quantitative estimate of drug-likeness (QED) is 0.495.